The van der Waals surface area contributed by atoms with Crippen LogP contribution in [0.15, 0.2) is 18.2 Å². The van der Waals surface area contributed by atoms with Crippen LogP contribution >= 0.6 is 11.8 Å². The normalized spacial score (nSPS) is 23.0. The molecule has 18 heavy (non-hydrogen) atoms. The lowest BCUT2D eigenvalue weighted by atomic mass is 9.98. The summed E-state index contributed by atoms with van der Waals surface area (Å²) in [5.74, 6) is 1.85. The topological polar surface area (TPSA) is 23.5 Å². The number of nitrogens with zero attached hydrogens (tertiary/aromatic N) is 1. The van der Waals surface area contributed by atoms with Gasteiger partial charge in [0.05, 0.1) is 6.10 Å². The van der Waals surface area contributed by atoms with E-state index in [9.17, 15) is 9.50 Å². The maximum Gasteiger partial charge on any atom is 0.123 e. The maximum absolute atomic E-state index is 13.2. The van der Waals surface area contributed by atoms with Crippen molar-refractivity contribution in [3.8, 4) is 0 Å². The van der Waals surface area contributed by atoms with Crippen LogP contribution in [-0.4, -0.2) is 47.3 Å². The molecule has 0 amide bonds. The van der Waals surface area contributed by atoms with E-state index in [1.165, 1.54) is 12.1 Å². The second-order valence-electron chi connectivity index (χ2n) is 4.97. The number of rotatable bonds is 3. The summed E-state index contributed by atoms with van der Waals surface area (Å²) in [6.07, 6.45) is 0.0994. The maximum atomic E-state index is 13.2. The Kier molecular flexibility index (Phi) is 4.65. The molecule has 100 valence electrons. The zero-order valence-corrected chi connectivity index (χ0v) is 11.7. The van der Waals surface area contributed by atoms with Gasteiger partial charge in [-0.05, 0) is 37.2 Å². The third-order valence-corrected chi connectivity index (χ3v) is 4.68. The van der Waals surface area contributed by atoms with Gasteiger partial charge >= 0.3 is 0 Å². The molecule has 4 heteroatoms. The van der Waals surface area contributed by atoms with Crippen molar-refractivity contribution in [3.63, 3.8) is 0 Å². The Bertz CT molecular complexity index is 413. The van der Waals surface area contributed by atoms with Crippen LogP contribution < -0.4 is 0 Å². The lowest BCUT2D eigenvalue weighted by molar-refractivity contribution is 0.0762. The first kappa shape index (κ1) is 13.8. The van der Waals surface area contributed by atoms with Gasteiger partial charge in [-0.15, -0.1) is 0 Å². The van der Waals surface area contributed by atoms with Gasteiger partial charge in [0, 0.05) is 30.5 Å². The molecule has 2 nitrogen and oxygen atoms in total. The highest BCUT2D eigenvalue weighted by atomic mass is 32.2. The average Bonchev–Trinajstić information content (AvgIpc) is 2.34. The van der Waals surface area contributed by atoms with E-state index < -0.39 is 6.10 Å². The number of aliphatic hydroxyl groups excluding tert-OH is 1. The molecule has 0 spiro atoms. The highest BCUT2D eigenvalue weighted by Crippen LogP contribution is 2.21. The second-order valence-corrected chi connectivity index (χ2v) is 6.11. The van der Waals surface area contributed by atoms with Crippen molar-refractivity contribution in [3.05, 3.63) is 35.1 Å². The molecule has 1 aromatic rings. The minimum Gasteiger partial charge on any atom is -0.391 e. The van der Waals surface area contributed by atoms with Gasteiger partial charge in [0.25, 0.3) is 0 Å². The number of hydrogen-bond acceptors (Lipinski definition) is 3. The third kappa shape index (κ3) is 3.25. The smallest absolute Gasteiger partial charge is 0.123 e. The van der Waals surface area contributed by atoms with Gasteiger partial charge < -0.3 is 5.11 Å². The molecule has 0 bridgehead atoms. The van der Waals surface area contributed by atoms with Gasteiger partial charge in [-0.25, -0.2) is 4.39 Å². The van der Waals surface area contributed by atoms with E-state index in [0.29, 0.717) is 6.42 Å². The number of halogens is 1. The van der Waals surface area contributed by atoms with Crippen molar-refractivity contribution in [2.75, 3.05) is 25.1 Å². The van der Waals surface area contributed by atoms with E-state index in [0.717, 1.165) is 29.2 Å². The summed E-state index contributed by atoms with van der Waals surface area (Å²) in [5.41, 5.74) is 1.95. The molecule has 2 rings (SSSR count). The molecular weight excluding hydrogens is 249 g/mol. The zero-order chi connectivity index (χ0) is 13.1. The average molecular weight is 269 g/mol. The monoisotopic (exact) mass is 269 g/mol. The highest BCUT2D eigenvalue weighted by molar-refractivity contribution is 7.99. The molecule has 1 fully saturated rings. The number of aryl methyl sites for hydroxylation is 1. The van der Waals surface area contributed by atoms with Crippen LogP contribution in [0.5, 0.6) is 0 Å². The molecule has 0 aromatic heterocycles. The van der Waals surface area contributed by atoms with Crippen molar-refractivity contribution in [2.45, 2.75) is 25.5 Å². The first-order chi connectivity index (χ1) is 8.58. The van der Waals surface area contributed by atoms with Crippen molar-refractivity contribution in [1.82, 2.24) is 4.90 Å². The quantitative estimate of drug-likeness (QED) is 0.909. The van der Waals surface area contributed by atoms with Crippen molar-refractivity contribution < 1.29 is 9.50 Å². The van der Waals surface area contributed by atoms with E-state index >= 15 is 0 Å². The number of likely N-dealkylation sites (N-methyl/N-ethyl adjacent to an activating group) is 1. The summed E-state index contributed by atoms with van der Waals surface area (Å²) in [6.45, 7) is 2.97. The van der Waals surface area contributed by atoms with Crippen LogP contribution in [0.3, 0.4) is 0 Å². The van der Waals surface area contributed by atoms with E-state index in [-0.39, 0.29) is 11.9 Å². The Labute approximate surface area is 112 Å². The molecule has 1 heterocycles. The summed E-state index contributed by atoms with van der Waals surface area (Å²) in [4.78, 5) is 2.20. The second kappa shape index (κ2) is 6.04. The van der Waals surface area contributed by atoms with Gasteiger partial charge in [0.15, 0.2) is 0 Å². The van der Waals surface area contributed by atoms with E-state index in [2.05, 4.69) is 4.90 Å². The fourth-order valence-electron chi connectivity index (χ4n) is 2.33. The summed E-state index contributed by atoms with van der Waals surface area (Å²) in [6, 6.07) is 4.95. The van der Waals surface area contributed by atoms with Gasteiger partial charge in [-0.1, -0.05) is 6.07 Å². The Hall–Kier alpha value is -0.580. The van der Waals surface area contributed by atoms with Gasteiger partial charge in [0.2, 0.25) is 0 Å². The molecule has 1 aliphatic heterocycles. The zero-order valence-electron chi connectivity index (χ0n) is 10.9. The van der Waals surface area contributed by atoms with Crippen molar-refractivity contribution in [2.24, 2.45) is 0 Å². The van der Waals surface area contributed by atoms with Crippen LogP contribution in [-0.2, 0) is 6.42 Å². The van der Waals surface area contributed by atoms with Crippen molar-refractivity contribution >= 4 is 11.8 Å². The first-order valence-electron chi connectivity index (χ1n) is 6.29. The van der Waals surface area contributed by atoms with E-state index in [1.54, 1.807) is 6.07 Å². The Morgan fingerprint density at radius 2 is 2.33 bits per heavy atom. The number of hydrogen-bond donors (Lipinski definition) is 1. The molecule has 1 aliphatic rings. The summed E-state index contributed by atoms with van der Waals surface area (Å²) in [7, 11) is 2.05. The minimum absolute atomic E-state index is 0.173. The lowest BCUT2D eigenvalue weighted by Crippen LogP contribution is -2.47. The molecule has 1 saturated heterocycles. The van der Waals surface area contributed by atoms with Crippen LogP contribution in [0.1, 0.15) is 11.1 Å². The highest BCUT2D eigenvalue weighted by Gasteiger charge is 2.26. The third-order valence-electron chi connectivity index (χ3n) is 3.63. The molecule has 2 atom stereocenters. The first-order valence-corrected chi connectivity index (χ1v) is 7.44. The minimum atomic E-state index is -0.428. The standard InChI is InChI=1S/C14H20FNOS/c1-10-3-4-12(15)7-11(10)8-14(17)13-9-18-6-5-16(13)2/h3-4,7,13-14,17H,5-6,8-9H2,1-2H3. The van der Waals surface area contributed by atoms with E-state index in [4.69, 9.17) is 0 Å². The van der Waals surface area contributed by atoms with Crippen LogP contribution in [0.2, 0.25) is 0 Å². The number of aliphatic hydroxyl groups is 1. The van der Waals surface area contributed by atoms with Gasteiger partial charge in [-0.3, -0.25) is 4.90 Å². The molecule has 0 aliphatic carbocycles. The Morgan fingerprint density at radius 3 is 3.06 bits per heavy atom. The fourth-order valence-corrected chi connectivity index (χ4v) is 3.63. The predicted octanol–water partition coefficient (Wildman–Crippen LogP) is 2.08. The fraction of sp³-hybridized carbons (Fsp3) is 0.571. The number of thioether (sulfide) groups is 1. The predicted molar refractivity (Wildman–Crippen MR) is 74.6 cm³/mol. The molecule has 0 radical (unpaired) electrons. The molecule has 1 aromatic carbocycles. The van der Waals surface area contributed by atoms with Crippen LogP contribution in [0, 0.1) is 12.7 Å². The Morgan fingerprint density at radius 1 is 1.56 bits per heavy atom. The number of benzene rings is 1. The van der Waals surface area contributed by atoms with Gasteiger partial charge in [0.1, 0.15) is 5.82 Å². The molecule has 0 saturated carbocycles. The van der Waals surface area contributed by atoms with Crippen molar-refractivity contribution in [1.29, 1.82) is 0 Å². The molecule has 1 N–H and O–H groups in total. The molecular formula is C14H20FNOS. The summed E-state index contributed by atoms with van der Waals surface area (Å²) >= 11 is 1.88. The summed E-state index contributed by atoms with van der Waals surface area (Å²) in [5, 5.41) is 10.3. The van der Waals surface area contributed by atoms with E-state index in [1.807, 2.05) is 25.7 Å². The molecule has 2 unspecified atom stereocenters. The van der Waals surface area contributed by atoms with Gasteiger partial charge in [-0.2, -0.15) is 11.8 Å². The largest absolute Gasteiger partial charge is 0.391 e. The SMILES string of the molecule is Cc1ccc(F)cc1CC(O)C1CSCCN1C. The Balaban J connectivity index is 2.05. The van der Waals surface area contributed by atoms with Crippen LogP contribution in [0.25, 0.3) is 0 Å². The summed E-state index contributed by atoms with van der Waals surface area (Å²) < 4.78 is 13.2. The lowest BCUT2D eigenvalue weighted by Gasteiger charge is -2.35. The van der Waals surface area contributed by atoms with Crippen LogP contribution in [0.4, 0.5) is 4.39 Å².